The van der Waals surface area contributed by atoms with Gasteiger partial charge in [-0.15, -0.1) is 0 Å². The first-order chi connectivity index (χ1) is 24.2. The van der Waals surface area contributed by atoms with Gasteiger partial charge in [-0.3, -0.25) is 14.4 Å². The number of benzene rings is 3. The number of aromatic amines is 1. The number of rotatable bonds is 9. The molecule has 0 radical (unpaired) electrons. The highest BCUT2D eigenvalue weighted by atomic mass is 35.5. The Hall–Kier alpha value is -3.87. The number of likely N-dealkylation sites (N-methyl/N-ethyl adjacent to an activating group) is 1. The summed E-state index contributed by atoms with van der Waals surface area (Å²) in [7, 11) is 1.65. The van der Waals surface area contributed by atoms with E-state index in [4.69, 9.17) is 23.1 Å². The maximum absolute atomic E-state index is 14.4. The van der Waals surface area contributed by atoms with Crippen molar-refractivity contribution in [2.75, 3.05) is 20.1 Å². The van der Waals surface area contributed by atoms with Gasteiger partial charge in [-0.2, -0.15) is 0 Å². The number of amides is 3. The quantitative estimate of drug-likeness (QED) is 0.136. The molecule has 0 unspecified atom stereocenters. The zero-order chi connectivity index (χ0) is 35.6. The van der Waals surface area contributed by atoms with Crippen molar-refractivity contribution in [1.82, 2.24) is 25.8 Å². The van der Waals surface area contributed by atoms with Gasteiger partial charge < -0.3 is 37.3 Å². The number of aromatic nitrogens is 1. The molecule has 1 aliphatic heterocycles. The van der Waals surface area contributed by atoms with Gasteiger partial charge in [-0.1, -0.05) is 59.8 Å². The molecule has 0 spiro atoms. The average Bonchev–Trinajstić information content (AvgIpc) is 3.43. The lowest BCUT2D eigenvalue weighted by molar-refractivity contribution is -0.142. The summed E-state index contributed by atoms with van der Waals surface area (Å²) < 4.78 is 0. The highest BCUT2D eigenvalue weighted by Gasteiger charge is 2.34. The maximum atomic E-state index is 14.4. The van der Waals surface area contributed by atoms with Gasteiger partial charge in [0, 0.05) is 58.0 Å². The maximum Gasteiger partial charge on any atom is 0.245 e. The van der Waals surface area contributed by atoms with Crippen molar-refractivity contribution in [3.63, 3.8) is 0 Å². The van der Waals surface area contributed by atoms with Gasteiger partial charge >= 0.3 is 0 Å². The lowest BCUT2D eigenvalue weighted by Gasteiger charge is -2.32. The summed E-state index contributed by atoms with van der Waals surface area (Å²) in [5.41, 5.74) is 16.4. The van der Waals surface area contributed by atoms with E-state index >= 15 is 0 Å². The topological polar surface area (TPSA) is 158 Å². The molecule has 50 heavy (non-hydrogen) atoms. The van der Waals surface area contributed by atoms with Crippen LogP contribution in [0.1, 0.15) is 54.5 Å². The third-order valence-electron chi connectivity index (χ3n) is 9.32. The molecule has 0 saturated heterocycles. The monoisotopic (exact) mass is 717 g/mol. The Labute approximate surface area is 303 Å². The third-order valence-corrected chi connectivity index (χ3v) is 10.8. The number of nitrogens with zero attached hydrogens (tertiary/aromatic N) is 1. The largest absolute Gasteiger partial charge is 0.358 e. The van der Waals surface area contributed by atoms with Crippen molar-refractivity contribution >= 4 is 52.0 Å². The standard InChI is InChI=1S/C38H48ClN7O3S/c1-24-29(28-11-4-5-12-30(28)44-24)21-33-37(48)43-23-26-20-27(39)16-17-35(26)50-34-15-6-3-10-25(34)22-42-31(14-9-19-41)36(47)45-32(13-7-8-18-40)38(49)46(33)2/h3-6,10-12,15-17,20,31-33,42,44H,7-9,13-14,18-19,21-23,40-41H2,1-2H3,(H,43,48)(H,45,47)/t31-,32-,33-/m0/s1. The van der Waals surface area contributed by atoms with Crippen LogP contribution in [0.25, 0.3) is 10.9 Å². The van der Waals surface area contributed by atoms with Crippen LogP contribution in [0.15, 0.2) is 76.5 Å². The Bertz CT molecular complexity index is 1800. The second-order valence-electron chi connectivity index (χ2n) is 12.8. The van der Waals surface area contributed by atoms with Crippen LogP contribution in [0.2, 0.25) is 5.02 Å². The molecule has 1 aromatic heterocycles. The van der Waals surface area contributed by atoms with Gasteiger partial charge in [0.15, 0.2) is 0 Å². The Morgan fingerprint density at radius 1 is 0.840 bits per heavy atom. The number of H-pyrrole nitrogens is 1. The second kappa shape index (κ2) is 17.9. The van der Waals surface area contributed by atoms with E-state index in [1.807, 2.05) is 73.7 Å². The van der Waals surface area contributed by atoms with E-state index in [9.17, 15) is 14.4 Å². The van der Waals surface area contributed by atoms with Crippen molar-refractivity contribution in [3.05, 3.63) is 94.1 Å². The van der Waals surface area contributed by atoms with E-state index in [1.54, 1.807) is 18.8 Å². The average molecular weight is 718 g/mol. The molecular weight excluding hydrogens is 670 g/mol. The molecule has 3 aromatic carbocycles. The number of carbonyl (C=O) groups is 3. The van der Waals surface area contributed by atoms with Crippen LogP contribution < -0.4 is 27.4 Å². The Balaban J connectivity index is 1.57. The number of hydrogen-bond donors (Lipinski definition) is 6. The van der Waals surface area contributed by atoms with Gasteiger partial charge in [0.05, 0.1) is 6.04 Å². The highest BCUT2D eigenvalue weighted by Crippen LogP contribution is 2.34. The third kappa shape index (κ3) is 9.26. The number of nitrogens with one attached hydrogen (secondary N) is 4. The van der Waals surface area contributed by atoms with E-state index in [0.717, 1.165) is 43.1 Å². The van der Waals surface area contributed by atoms with E-state index in [1.165, 1.54) is 4.90 Å². The number of unbranched alkanes of at least 4 members (excludes halogenated alkanes) is 1. The molecule has 1 aliphatic rings. The SMILES string of the molecule is Cc1[nH]c2ccccc2c1C[C@H]1C(=O)NCc2cc(Cl)ccc2Sc2ccccc2CN[C@@H](CCCN)C(=O)N[C@@H](CCCCN)C(=O)N1C. The van der Waals surface area contributed by atoms with Gasteiger partial charge in [0.2, 0.25) is 17.7 Å². The van der Waals surface area contributed by atoms with Gasteiger partial charge in [0.1, 0.15) is 12.1 Å². The first-order valence-corrected chi connectivity index (χ1v) is 18.5. The number of fused-ring (bicyclic) bond motifs is 3. The first-order valence-electron chi connectivity index (χ1n) is 17.3. The normalized spacial score (nSPS) is 19.4. The first kappa shape index (κ1) is 37.4. The van der Waals surface area contributed by atoms with Crippen LogP contribution in [0.4, 0.5) is 0 Å². The second-order valence-corrected chi connectivity index (χ2v) is 14.4. The molecule has 0 fully saturated rings. The molecule has 2 heterocycles. The Kier molecular flexibility index (Phi) is 13.4. The number of hydrogen-bond acceptors (Lipinski definition) is 7. The number of nitrogens with two attached hydrogens (primary N) is 2. The predicted molar refractivity (Wildman–Crippen MR) is 201 cm³/mol. The fourth-order valence-corrected chi connectivity index (χ4v) is 7.70. The lowest BCUT2D eigenvalue weighted by atomic mass is 9.99. The lowest BCUT2D eigenvalue weighted by Crippen LogP contribution is -2.57. The molecule has 3 atom stereocenters. The van der Waals surface area contributed by atoms with Crippen molar-refractivity contribution in [2.24, 2.45) is 11.5 Å². The van der Waals surface area contributed by atoms with Crippen molar-refractivity contribution in [2.45, 2.75) is 86.5 Å². The molecule has 8 N–H and O–H groups in total. The Morgan fingerprint density at radius 3 is 2.36 bits per heavy atom. The molecule has 0 bridgehead atoms. The summed E-state index contributed by atoms with van der Waals surface area (Å²) in [5.74, 6) is -0.916. The Morgan fingerprint density at radius 2 is 1.56 bits per heavy atom. The molecule has 3 amide bonds. The van der Waals surface area contributed by atoms with Crippen LogP contribution in [-0.4, -0.2) is 65.9 Å². The fourth-order valence-electron chi connectivity index (χ4n) is 6.45. The molecule has 12 heteroatoms. The van der Waals surface area contributed by atoms with E-state index in [2.05, 4.69) is 20.9 Å². The van der Waals surface area contributed by atoms with E-state index < -0.39 is 18.1 Å². The summed E-state index contributed by atoms with van der Waals surface area (Å²) in [5, 5.41) is 11.2. The van der Waals surface area contributed by atoms with Gasteiger partial charge in [-0.05, 0) is 99.1 Å². The van der Waals surface area contributed by atoms with Crippen LogP contribution >= 0.6 is 23.4 Å². The minimum Gasteiger partial charge on any atom is -0.358 e. The summed E-state index contributed by atoms with van der Waals surface area (Å²) >= 11 is 8.06. The molecule has 0 aliphatic carbocycles. The van der Waals surface area contributed by atoms with Crippen LogP contribution in [0.3, 0.4) is 0 Å². The van der Waals surface area contributed by atoms with Crippen molar-refractivity contribution in [1.29, 1.82) is 0 Å². The summed E-state index contributed by atoms with van der Waals surface area (Å²) in [4.78, 5) is 49.6. The van der Waals surface area contributed by atoms with E-state index in [0.29, 0.717) is 56.8 Å². The molecular formula is C38H48ClN7O3S. The predicted octanol–water partition coefficient (Wildman–Crippen LogP) is 4.79. The van der Waals surface area contributed by atoms with Crippen LogP contribution in [0, 0.1) is 6.92 Å². The number of aryl methyl sites for hydroxylation is 1. The zero-order valence-corrected chi connectivity index (χ0v) is 30.3. The minimum atomic E-state index is -0.868. The molecule has 0 saturated carbocycles. The number of carbonyl (C=O) groups excluding carboxylic acids is 3. The summed E-state index contributed by atoms with van der Waals surface area (Å²) in [6.45, 7) is 3.53. The fraction of sp³-hybridized carbons (Fsp3) is 0.395. The highest BCUT2D eigenvalue weighted by molar-refractivity contribution is 7.99. The van der Waals surface area contributed by atoms with Gasteiger partial charge in [0.25, 0.3) is 0 Å². The molecule has 10 nitrogen and oxygen atoms in total. The molecule has 266 valence electrons. The summed E-state index contributed by atoms with van der Waals surface area (Å²) in [6.07, 6.45) is 3.15. The van der Waals surface area contributed by atoms with Gasteiger partial charge in [-0.25, -0.2) is 0 Å². The number of halogens is 1. The molecule has 5 rings (SSSR count). The number of para-hydroxylation sites is 1. The smallest absolute Gasteiger partial charge is 0.245 e. The van der Waals surface area contributed by atoms with Crippen molar-refractivity contribution < 1.29 is 14.4 Å². The van der Waals surface area contributed by atoms with E-state index in [-0.39, 0.29) is 30.7 Å². The van der Waals surface area contributed by atoms with Crippen molar-refractivity contribution in [3.8, 4) is 0 Å². The zero-order valence-electron chi connectivity index (χ0n) is 28.8. The minimum absolute atomic E-state index is 0.214. The summed E-state index contributed by atoms with van der Waals surface area (Å²) in [6, 6.07) is 19.3. The van der Waals surface area contributed by atoms with Crippen LogP contribution in [-0.2, 0) is 33.9 Å². The molecule has 4 aromatic rings. The van der Waals surface area contributed by atoms with Crippen LogP contribution in [0.5, 0.6) is 0 Å².